The summed E-state index contributed by atoms with van der Waals surface area (Å²) >= 11 is 0. The topological polar surface area (TPSA) is 102 Å². The first-order chi connectivity index (χ1) is 13.6. The minimum atomic E-state index is -0.266. The van der Waals surface area contributed by atoms with E-state index in [1.165, 1.54) is 12.1 Å². The van der Waals surface area contributed by atoms with E-state index in [2.05, 4.69) is 25.5 Å². The molecule has 0 unspecified atom stereocenters. The molecule has 0 saturated heterocycles. The quantitative estimate of drug-likeness (QED) is 0.501. The van der Waals surface area contributed by atoms with Crippen LogP contribution >= 0.6 is 24.8 Å². The number of aromatic nitrogens is 4. The molecular weight excluding hydrogens is 430 g/mol. The molecule has 1 aliphatic rings. The van der Waals surface area contributed by atoms with Crippen LogP contribution in [0.3, 0.4) is 0 Å². The predicted molar refractivity (Wildman–Crippen MR) is 118 cm³/mol. The second kappa shape index (κ2) is 10.7. The molecule has 1 saturated carbocycles. The number of halogens is 3. The molecule has 10 heteroatoms. The van der Waals surface area contributed by atoms with E-state index in [1.54, 1.807) is 25.4 Å². The Kier molecular flexibility index (Phi) is 8.54. The third-order valence-corrected chi connectivity index (χ3v) is 4.97. The van der Waals surface area contributed by atoms with Crippen molar-refractivity contribution in [3.63, 3.8) is 0 Å². The van der Waals surface area contributed by atoms with Crippen molar-refractivity contribution in [3.8, 4) is 11.3 Å². The number of hydrogen-bond donors (Lipinski definition) is 3. The fourth-order valence-electron chi connectivity index (χ4n) is 3.41. The first-order valence-corrected chi connectivity index (χ1v) is 9.27. The number of hydrogen-bond acceptors (Lipinski definition) is 6. The second-order valence-electron chi connectivity index (χ2n) is 7.09. The highest BCUT2D eigenvalue weighted by molar-refractivity contribution is 5.85. The Bertz CT molecular complexity index is 947. The summed E-state index contributed by atoms with van der Waals surface area (Å²) in [6.07, 6.45) is 3.65. The third kappa shape index (κ3) is 5.46. The average Bonchev–Trinajstić information content (AvgIpc) is 3.13. The highest BCUT2D eigenvalue weighted by atomic mass is 35.5. The van der Waals surface area contributed by atoms with E-state index in [9.17, 15) is 4.39 Å². The van der Waals surface area contributed by atoms with Crippen LogP contribution in [0.1, 0.15) is 35.8 Å². The Balaban J connectivity index is 0.00000160. The third-order valence-electron chi connectivity index (χ3n) is 4.97. The minimum Gasteiger partial charge on any atom is -0.377 e. The highest BCUT2D eigenvalue weighted by Crippen LogP contribution is 2.35. The fourth-order valence-corrected chi connectivity index (χ4v) is 3.41. The van der Waals surface area contributed by atoms with Gasteiger partial charge in [0.1, 0.15) is 18.2 Å². The Hall–Kier alpha value is -2.26. The van der Waals surface area contributed by atoms with E-state index in [1.807, 2.05) is 6.07 Å². The lowest BCUT2D eigenvalue weighted by Gasteiger charge is -2.32. The molecule has 0 spiro atoms. The lowest BCUT2D eigenvalue weighted by Crippen LogP contribution is -2.35. The van der Waals surface area contributed by atoms with Gasteiger partial charge in [0.2, 0.25) is 0 Å². The number of aromatic amines is 1. The normalized spacial score (nSPS) is 17.4. The molecule has 7 nitrogen and oxygen atoms in total. The summed E-state index contributed by atoms with van der Waals surface area (Å²) in [6.45, 7) is 0.879. The van der Waals surface area contributed by atoms with E-state index in [0.29, 0.717) is 24.9 Å². The predicted octanol–water partition coefficient (Wildman–Crippen LogP) is 3.81. The zero-order chi connectivity index (χ0) is 19.5. The minimum absolute atomic E-state index is 0. The second-order valence-corrected chi connectivity index (χ2v) is 7.09. The van der Waals surface area contributed by atoms with Crippen LogP contribution in [-0.4, -0.2) is 33.3 Å². The lowest BCUT2D eigenvalue weighted by molar-refractivity contribution is 0.177. The van der Waals surface area contributed by atoms with Gasteiger partial charge in [-0.1, -0.05) is 0 Å². The Labute approximate surface area is 186 Å². The Morgan fingerprint density at radius 3 is 2.60 bits per heavy atom. The standard InChI is InChI=1S/C20H23FN6O.2ClH/c1-28-11-19-25-17(13-6-16(22)7-13)8-18(26-19)23-9-14-10-24-27-20(14)12-2-4-15(21)5-3-12;;/h2-5,8,10,13,16H,6-7,9,11,22H2,1H3,(H,24,27)(H,23,25,26);2*1H. The molecule has 2 heterocycles. The number of ether oxygens (including phenoxy) is 1. The number of benzene rings is 1. The molecule has 0 aliphatic heterocycles. The molecule has 4 rings (SSSR count). The first-order valence-electron chi connectivity index (χ1n) is 9.27. The summed E-state index contributed by atoms with van der Waals surface area (Å²) in [4.78, 5) is 9.15. The van der Waals surface area contributed by atoms with Gasteiger partial charge in [0.25, 0.3) is 0 Å². The smallest absolute Gasteiger partial charge is 0.156 e. The largest absolute Gasteiger partial charge is 0.377 e. The first kappa shape index (κ1) is 24.0. The van der Waals surface area contributed by atoms with Gasteiger partial charge >= 0.3 is 0 Å². The fraction of sp³-hybridized carbons (Fsp3) is 0.350. The molecule has 0 amide bonds. The molecule has 1 aromatic carbocycles. The van der Waals surface area contributed by atoms with Gasteiger partial charge in [-0.15, -0.1) is 24.8 Å². The molecular formula is C20H25Cl2FN6O. The molecule has 162 valence electrons. The van der Waals surface area contributed by atoms with Crippen molar-refractivity contribution >= 4 is 30.6 Å². The molecule has 30 heavy (non-hydrogen) atoms. The van der Waals surface area contributed by atoms with E-state index >= 15 is 0 Å². The van der Waals surface area contributed by atoms with Gasteiger partial charge in [-0.3, -0.25) is 5.10 Å². The molecule has 0 radical (unpaired) electrons. The van der Waals surface area contributed by atoms with Crippen molar-refractivity contribution in [1.29, 1.82) is 0 Å². The maximum absolute atomic E-state index is 13.2. The molecule has 4 N–H and O–H groups in total. The molecule has 0 atom stereocenters. The SMILES string of the molecule is COCc1nc(NCc2cn[nH]c2-c2ccc(F)cc2)cc(C2CC(N)C2)n1.Cl.Cl. The maximum Gasteiger partial charge on any atom is 0.156 e. The van der Waals surface area contributed by atoms with Crippen molar-refractivity contribution < 1.29 is 9.13 Å². The lowest BCUT2D eigenvalue weighted by atomic mass is 9.78. The van der Waals surface area contributed by atoms with Crippen molar-refractivity contribution in [2.24, 2.45) is 5.73 Å². The van der Waals surface area contributed by atoms with E-state index in [4.69, 9.17) is 10.5 Å². The molecule has 0 bridgehead atoms. The maximum atomic E-state index is 13.2. The van der Waals surface area contributed by atoms with Gasteiger partial charge in [-0.25, -0.2) is 14.4 Å². The van der Waals surface area contributed by atoms with Crippen molar-refractivity contribution in [2.75, 3.05) is 12.4 Å². The Morgan fingerprint density at radius 2 is 1.93 bits per heavy atom. The van der Waals surface area contributed by atoms with E-state index in [0.717, 1.165) is 41.2 Å². The van der Waals surface area contributed by atoms with Gasteiger partial charge in [0, 0.05) is 48.5 Å². The summed E-state index contributed by atoms with van der Waals surface area (Å²) in [5.74, 6) is 1.49. The van der Waals surface area contributed by atoms with Crippen LogP contribution in [-0.2, 0) is 17.9 Å². The van der Waals surface area contributed by atoms with Crippen LogP contribution in [0.2, 0.25) is 0 Å². The number of anilines is 1. The van der Waals surface area contributed by atoms with E-state index < -0.39 is 0 Å². The van der Waals surface area contributed by atoms with Gasteiger partial charge in [0.05, 0.1) is 11.9 Å². The molecule has 1 fully saturated rings. The number of nitrogens with two attached hydrogens (primary N) is 1. The summed E-state index contributed by atoms with van der Waals surface area (Å²) in [5, 5.41) is 10.5. The molecule has 3 aromatic rings. The summed E-state index contributed by atoms with van der Waals surface area (Å²) in [7, 11) is 1.63. The zero-order valence-electron chi connectivity index (χ0n) is 16.5. The van der Waals surface area contributed by atoms with Gasteiger partial charge in [0.15, 0.2) is 5.82 Å². The monoisotopic (exact) mass is 454 g/mol. The summed E-state index contributed by atoms with van der Waals surface area (Å²) < 4.78 is 18.4. The number of methoxy groups -OCH3 is 1. The zero-order valence-corrected chi connectivity index (χ0v) is 18.1. The van der Waals surface area contributed by atoms with Crippen LogP contribution in [0, 0.1) is 5.82 Å². The van der Waals surface area contributed by atoms with Crippen LogP contribution in [0.15, 0.2) is 36.5 Å². The van der Waals surface area contributed by atoms with Crippen LogP contribution in [0.4, 0.5) is 10.2 Å². The number of rotatable bonds is 7. The van der Waals surface area contributed by atoms with Crippen molar-refractivity contribution in [2.45, 2.75) is 38.0 Å². The van der Waals surface area contributed by atoms with Crippen LogP contribution < -0.4 is 11.1 Å². The highest BCUT2D eigenvalue weighted by Gasteiger charge is 2.29. The molecule has 1 aliphatic carbocycles. The van der Waals surface area contributed by atoms with Crippen LogP contribution in [0.25, 0.3) is 11.3 Å². The number of nitrogens with zero attached hydrogens (tertiary/aromatic N) is 3. The van der Waals surface area contributed by atoms with Crippen molar-refractivity contribution in [3.05, 3.63) is 59.4 Å². The summed E-state index contributed by atoms with van der Waals surface area (Å²) in [6, 6.07) is 8.56. The number of H-pyrrole nitrogens is 1. The van der Waals surface area contributed by atoms with Crippen LogP contribution in [0.5, 0.6) is 0 Å². The average molecular weight is 455 g/mol. The van der Waals surface area contributed by atoms with Gasteiger partial charge in [-0.2, -0.15) is 5.10 Å². The Morgan fingerprint density at radius 1 is 1.20 bits per heavy atom. The van der Waals surface area contributed by atoms with Gasteiger partial charge in [-0.05, 0) is 37.1 Å². The number of nitrogens with one attached hydrogen (secondary N) is 2. The van der Waals surface area contributed by atoms with E-state index in [-0.39, 0.29) is 36.7 Å². The van der Waals surface area contributed by atoms with Gasteiger partial charge < -0.3 is 15.8 Å². The molecule has 2 aromatic heterocycles. The van der Waals surface area contributed by atoms with Crippen molar-refractivity contribution in [1.82, 2.24) is 20.2 Å². The summed E-state index contributed by atoms with van der Waals surface area (Å²) in [5.41, 5.74) is 9.62.